The van der Waals surface area contributed by atoms with Gasteiger partial charge in [-0.1, -0.05) is 50.2 Å². The van der Waals surface area contributed by atoms with Gasteiger partial charge in [0.25, 0.3) is 5.91 Å². The van der Waals surface area contributed by atoms with Crippen LogP contribution in [0.15, 0.2) is 72.8 Å². The first-order valence-corrected chi connectivity index (χ1v) is 9.51. The molecule has 0 fully saturated rings. The van der Waals surface area contributed by atoms with Crippen LogP contribution in [0.1, 0.15) is 47.4 Å². The van der Waals surface area contributed by atoms with Crippen molar-refractivity contribution >= 4 is 17.3 Å². The summed E-state index contributed by atoms with van der Waals surface area (Å²) >= 11 is 0. The lowest BCUT2D eigenvalue weighted by atomic mass is 10.00. The topological polar surface area (TPSA) is 41.6 Å². The number of rotatable bonds is 4. The van der Waals surface area contributed by atoms with Crippen molar-refractivity contribution in [2.45, 2.75) is 25.9 Å². The summed E-state index contributed by atoms with van der Waals surface area (Å²) in [6.45, 7) is 4.33. The number of anilines is 2. The molecule has 0 aliphatic carbocycles. The summed E-state index contributed by atoms with van der Waals surface area (Å²) in [5.74, 6) is 1.23. The summed E-state index contributed by atoms with van der Waals surface area (Å²) in [5.41, 5.74) is 4.65. The molecule has 1 N–H and O–H groups in total. The molecule has 4 rings (SSSR count). The van der Waals surface area contributed by atoms with Crippen molar-refractivity contribution in [1.82, 2.24) is 0 Å². The molecule has 28 heavy (non-hydrogen) atoms. The van der Waals surface area contributed by atoms with Gasteiger partial charge < -0.3 is 10.1 Å². The normalized spacial score (nSPS) is 15.9. The van der Waals surface area contributed by atoms with Gasteiger partial charge in [0.2, 0.25) is 0 Å². The molecule has 3 aromatic rings. The van der Waals surface area contributed by atoms with E-state index in [-0.39, 0.29) is 12.1 Å². The molecule has 1 aliphatic heterocycles. The first-order valence-electron chi connectivity index (χ1n) is 9.51. The van der Waals surface area contributed by atoms with E-state index in [1.807, 2.05) is 65.6 Å². The summed E-state index contributed by atoms with van der Waals surface area (Å²) in [7, 11) is 1.65. The fraction of sp³-hybridized carbons (Fsp3) is 0.208. The van der Waals surface area contributed by atoms with Crippen molar-refractivity contribution in [3.63, 3.8) is 0 Å². The predicted octanol–water partition coefficient (Wildman–Crippen LogP) is 5.59. The fourth-order valence-corrected chi connectivity index (χ4v) is 3.56. The van der Waals surface area contributed by atoms with Crippen molar-refractivity contribution in [2.75, 3.05) is 17.3 Å². The van der Waals surface area contributed by atoms with Crippen molar-refractivity contribution in [3.8, 4) is 5.75 Å². The highest BCUT2D eigenvalue weighted by Gasteiger charge is 2.33. The van der Waals surface area contributed by atoms with Crippen LogP contribution in [-0.4, -0.2) is 13.0 Å². The molecule has 0 bridgehead atoms. The Bertz CT molecular complexity index is 978. The van der Waals surface area contributed by atoms with Gasteiger partial charge in [0.1, 0.15) is 11.9 Å². The van der Waals surface area contributed by atoms with E-state index in [9.17, 15) is 4.79 Å². The number of ether oxygens (including phenoxy) is 1. The Labute approximate surface area is 165 Å². The highest BCUT2D eigenvalue weighted by atomic mass is 16.5. The largest absolute Gasteiger partial charge is 0.497 e. The number of benzene rings is 3. The zero-order chi connectivity index (χ0) is 19.7. The highest BCUT2D eigenvalue weighted by Crippen LogP contribution is 2.37. The van der Waals surface area contributed by atoms with Gasteiger partial charge in [-0.25, -0.2) is 0 Å². The molecule has 3 aromatic carbocycles. The van der Waals surface area contributed by atoms with Crippen LogP contribution >= 0.6 is 0 Å². The Kier molecular flexibility index (Phi) is 4.78. The summed E-state index contributed by atoms with van der Waals surface area (Å²) < 4.78 is 5.28. The van der Waals surface area contributed by atoms with Gasteiger partial charge in [-0.2, -0.15) is 0 Å². The number of nitrogens with zero attached hydrogens (tertiary/aromatic N) is 1. The van der Waals surface area contributed by atoms with Crippen molar-refractivity contribution in [1.29, 1.82) is 0 Å². The Morgan fingerprint density at radius 3 is 2.25 bits per heavy atom. The Balaban J connectivity index is 1.79. The quantitative estimate of drug-likeness (QED) is 0.649. The monoisotopic (exact) mass is 372 g/mol. The highest BCUT2D eigenvalue weighted by molar-refractivity contribution is 6.12. The number of carbonyl (C=O) groups is 1. The smallest absolute Gasteiger partial charge is 0.262 e. The second kappa shape index (κ2) is 7.39. The first kappa shape index (κ1) is 18.1. The molecule has 1 aliphatic rings. The van der Waals surface area contributed by atoms with Gasteiger partial charge in [-0.3, -0.25) is 9.69 Å². The van der Waals surface area contributed by atoms with E-state index in [0.717, 1.165) is 22.7 Å². The molecule has 4 heteroatoms. The second-order valence-electron chi connectivity index (χ2n) is 7.29. The number of hydrogen-bond acceptors (Lipinski definition) is 3. The van der Waals surface area contributed by atoms with E-state index >= 15 is 0 Å². The van der Waals surface area contributed by atoms with Crippen LogP contribution in [0.25, 0.3) is 0 Å². The van der Waals surface area contributed by atoms with Crippen molar-refractivity contribution < 1.29 is 9.53 Å². The van der Waals surface area contributed by atoms with Crippen LogP contribution in [0.5, 0.6) is 5.75 Å². The van der Waals surface area contributed by atoms with Crippen molar-refractivity contribution in [2.24, 2.45) is 0 Å². The molecule has 0 saturated carbocycles. The lowest BCUT2D eigenvalue weighted by Gasteiger charge is -2.38. The molecule has 0 spiro atoms. The predicted molar refractivity (Wildman–Crippen MR) is 113 cm³/mol. The molecular weight excluding hydrogens is 348 g/mol. The van der Waals surface area contributed by atoms with Crippen LogP contribution in [0.2, 0.25) is 0 Å². The minimum Gasteiger partial charge on any atom is -0.497 e. The molecule has 0 radical (unpaired) electrons. The third-order valence-corrected chi connectivity index (χ3v) is 5.20. The maximum absolute atomic E-state index is 13.4. The lowest BCUT2D eigenvalue weighted by Crippen LogP contribution is -2.43. The summed E-state index contributed by atoms with van der Waals surface area (Å²) in [6.07, 6.45) is -0.293. The summed E-state index contributed by atoms with van der Waals surface area (Å²) in [5, 5.41) is 3.53. The SMILES string of the molecule is COc1ccc([C@H]2Nc3ccccc3C(=O)N2c2ccc(C(C)C)cc2)cc1. The Hall–Kier alpha value is -3.27. The van der Waals surface area contributed by atoms with Gasteiger partial charge in [-0.05, 0) is 53.4 Å². The van der Waals surface area contributed by atoms with E-state index < -0.39 is 0 Å². The first-order chi connectivity index (χ1) is 13.6. The third kappa shape index (κ3) is 3.22. The van der Waals surface area contributed by atoms with Crippen LogP contribution in [-0.2, 0) is 0 Å². The zero-order valence-electron chi connectivity index (χ0n) is 16.3. The van der Waals surface area contributed by atoms with Gasteiger partial charge in [-0.15, -0.1) is 0 Å². The maximum Gasteiger partial charge on any atom is 0.262 e. The second-order valence-corrected chi connectivity index (χ2v) is 7.29. The van der Waals surface area contributed by atoms with E-state index in [1.165, 1.54) is 5.56 Å². The summed E-state index contributed by atoms with van der Waals surface area (Å²) in [6, 6.07) is 23.7. The average Bonchev–Trinajstić information content (AvgIpc) is 2.74. The lowest BCUT2D eigenvalue weighted by molar-refractivity contribution is 0.0975. The fourth-order valence-electron chi connectivity index (χ4n) is 3.56. The molecule has 0 saturated heterocycles. The van der Waals surface area contributed by atoms with Gasteiger partial charge in [0.15, 0.2) is 0 Å². The van der Waals surface area contributed by atoms with Gasteiger partial charge >= 0.3 is 0 Å². The Morgan fingerprint density at radius 1 is 0.929 bits per heavy atom. The van der Waals surface area contributed by atoms with Crippen LogP contribution in [0.4, 0.5) is 11.4 Å². The molecule has 1 heterocycles. The number of amides is 1. The van der Waals surface area contributed by atoms with E-state index in [1.54, 1.807) is 7.11 Å². The van der Waals surface area contributed by atoms with E-state index in [2.05, 4.69) is 31.3 Å². The number of carbonyl (C=O) groups excluding carboxylic acids is 1. The third-order valence-electron chi connectivity index (χ3n) is 5.20. The minimum absolute atomic E-state index is 0.00698. The van der Waals surface area contributed by atoms with Crippen LogP contribution in [0, 0.1) is 0 Å². The van der Waals surface area contributed by atoms with E-state index in [0.29, 0.717) is 11.5 Å². The number of fused-ring (bicyclic) bond motifs is 1. The molecule has 0 unspecified atom stereocenters. The zero-order valence-corrected chi connectivity index (χ0v) is 16.3. The number of methoxy groups -OCH3 is 1. The molecule has 1 atom stereocenters. The van der Waals surface area contributed by atoms with Crippen LogP contribution in [0.3, 0.4) is 0 Å². The Morgan fingerprint density at radius 2 is 1.61 bits per heavy atom. The molecule has 142 valence electrons. The van der Waals surface area contributed by atoms with Gasteiger partial charge in [0, 0.05) is 11.4 Å². The average molecular weight is 372 g/mol. The standard InChI is InChI=1S/C24H24N2O2/c1-16(2)17-8-12-19(13-9-17)26-23(18-10-14-20(28-3)15-11-18)25-22-7-5-4-6-21(22)24(26)27/h4-16,23,25H,1-3H3/t23-/m0/s1. The minimum atomic E-state index is -0.293. The summed E-state index contributed by atoms with van der Waals surface area (Å²) in [4.78, 5) is 15.2. The molecule has 1 amide bonds. The van der Waals surface area contributed by atoms with E-state index in [4.69, 9.17) is 4.74 Å². The maximum atomic E-state index is 13.4. The number of nitrogens with one attached hydrogen (secondary N) is 1. The molecule has 0 aromatic heterocycles. The number of hydrogen-bond donors (Lipinski definition) is 1. The molecular formula is C24H24N2O2. The van der Waals surface area contributed by atoms with Crippen LogP contribution < -0.4 is 15.0 Å². The molecule has 4 nitrogen and oxygen atoms in total. The number of para-hydroxylation sites is 1. The van der Waals surface area contributed by atoms with Gasteiger partial charge in [0.05, 0.1) is 12.7 Å². The van der Waals surface area contributed by atoms with Crippen molar-refractivity contribution in [3.05, 3.63) is 89.5 Å².